The average molecular weight is 578 g/mol. The maximum atomic E-state index is 13.8. The molecule has 3 aliphatic rings. The van der Waals surface area contributed by atoms with Gasteiger partial charge >= 0.3 is 0 Å². The summed E-state index contributed by atoms with van der Waals surface area (Å²) < 4.78 is 11.7. The number of furan rings is 1. The first-order chi connectivity index (χ1) is 20.4. The molecular weight excluding hydrogens is 534 g/mol. The fraction of sp³-hybridized carbons (Fsp3) is 0.529. The molecule has 2 heterocycles. The lowest BCUT2D eigenvalue weighted by Gasteiger charge is -2.36. The Morgan fingerprint density at radius 3 is 2.50 bits per heavy atom. The maximum Gasteiger partial charge on any atom is 0.234 e. The monoisotopic (exact) mass is 577 g/mol. The van der Waals surface area contributed by atoms with Gasteiger partial charge in [-0.05, 0) is 80.0 Å². The lowest BCUT2D eigenvalue weighted by molar-refractivity contribution is -0.143. The third-order valence-corrected chi connectivity index (χ3v) is 9.25. The van der Waals surface area contributed by atoms with Crippen LogP contribution in [0.15, 0.2) is 63.6 Å². The van der Waals surface area contributed by atoms with E-state index in [-0.39, 0.29) is 37.7 Å². The average Bonchev–Trinajstić information content (AvgIpc) is 3.59. The van der Waals surface area contributed by atoms with Gasteiger partial charge in [0.05, 0.1) is 24.5 Å². The third-order valence-electron chi connectivity index (χ3n) is 9.25. The molecule has 8 heteroatoms. The first-order valence-corrected chi connectivity index (χ1v) is 15.4. The number of nitrogens with zero attached hydrogens (tertiary/aromatic N) is 1. The van der Waals surface area contributed by atoms with Gasteiger partial charge in [0, 0.05) is 12.0 Å². The van der Waals surface area contributed by atoms with Crippen molar-refractivity contribution in [1.82, 2.24) is 4.90 Å². The minimum atomic E-state index is -0.913. The van der Waals surface area contributed by atoms with Crippen molar-refractivity contribution in [3.05, 3.63) is 70.7 Å². The van der Waals surface area contributed by atoms with E-state index in [0.29, 0.717) is 42.1 Å². The molecule has 226 valence electrons. The molecule has 5 rings (SSSR count). The highest BCUT2D eigenvalue weighted by atomic mass is 16.5. The van der Waals surface area contributed by atoms with Gasteiger partial charge in [-0.2, -0.15) is 0 Å². The van der Waals surface area contributed by atoms with E-state index in [9.17, 15) is 24.9 Å². The van der Waals surface area contributed by atoms with Crippen LogP contribution in [0.2, 0.25) is 0 Å². The van der Waals surface area contributed by atoms with Crippen LogP contribution < -0.4 is 4.74 Å². The molecule has 0 spiro atoms. The zero-order valence-electron chi connectivity index (χ0n) is 24.4. The van der Waals surface area contributed by atoms with E-state index in [0.717, 1.165) is 49.7 Å². The van der Waals surface area contributed by atoms with Gasteiger partial charge in [-0.25, -0.2) is 0 Å². The SMILES string of the molecule is CC/C(=C\c1ccc(CO)o1)CC[C@@H](O)C1=C(COc2ccccc2)C[C@H]2C(=O)N(C3CCCCC3)C(=O)[C@H]2[C@H]1CO. The van der Waals surface area contributed by atoms with Crippen LogP contribution >= 0.6 is 0 Å². The number of para-hydroxylation sites is 1. The van der Waals surface area contributed by atoms with Crippen LogP contribution in [0.25, 0.3) is 6.08 Å². The number of ether oxygens (including phenoxy) is 1. The van der Waals surface area contributed by atoms with Gasteiger partial charge in [0.25, 0.3) is 0 Å². The van der Waals surface area contributed by atoms with Crippen molar-refractivity contribution >= 4 is 17.9 Å². The summed E-state index contributed by atoms with van der Waals surface area (Å²) in [5.74, 6) is -0.393. The second-order valence-electron chi connectivity index (χ2n) is 11.8. The van der Waals surface area contributed by atoms with Crippen molar-refractivity contribution in [2.45, 2.75) is 83.5 Å². The van der Waals surface area contributed by atoms with Gasteiger partial charge < -0.3 is 24.5 Å². The molecule has 2 amide bonds. The van der Waals surface area contributed by atoms with Gasteiger partial charge in [0.15, 0.2) is 0 Å². The Morgan fingerprint density at radius 2 is 1.83 bits per heavy atom. The van der Waals surface area contributed by atoms with E-state index < -0.39 is 23.9 Å². The minimum absolute atomic E-state index is 0.0775. The third kappa shape index (κ3) is 6.41. The fourth-order valence-corrected chi connectivity index (χ4v) is 7.09. The van der Waals surface area contributed by atoms with Crippen LogP contribution in [0, 0.1) is 17.8 Å². The molecule has 2 fully saturated rings. The summed E-state index contributed by atoms with van der Waals surface area (Å²) in [7, 11) is 0. The predicted octanol–water partition coefficient (Wildman–Crippen LogP) is 5.03. The lowest BCUT2D eigenvalue weighted by Crippen LogP contribution is -2.42. The number of aliphatic hydroxyl groups excluding tert-OH is 3. The molecule has 0 bridgehead atoms. The van der Waals surface area contributed by atoms with Gasteiger partial charge in [0.1, 0.15) is 30.5 Å². The molecule has 1 aliphatic heterocycles. The van der Waals surface area contributed by atoms with E-state index >= 15 is 0 Å². The minimum Gasteiger partial charge on any atom is -0.489 e. The van der Waals surface area contributed by atoms with Crippen LogP contribution in [0.5, 0.6) is 5.75 Å². The number of allylic oxidation sites excluding steroid dienone is 1. The van der Waals surface area contributed by atoms with E-state index in [2.05, 4.69) is 0 Å². The number of rotatable bonds is 12. The summed E-state index contributed by atoms with van der Waals surface area (Å²) in [6.07, 6.45) is 7.86. The molecule has 1 saturated heterocycles. The zero-order valence-corrected chi connectivity index (χ0v) is 24.4. The largest absolute Gasteiger partial charge is 0.489 e. The van der Waals surface area contributed by atoms with Crippen molar-refractivity contribution in [2.75, 3.05) is 13.2 Å². The Bertz CT molecular complexity index is 1290. The molecule has 1 aromatic heterocycles. The summed E-state index contributed by atoms with van der Waals surface area (Å²) in [5, 5.41) is 31.7. The number of hydrogen-bond donors (Lipinski definition) is 3. The number of imide groups is 1. The molecule has 0 radical (unpaired) electrons. The first-order valence-electron chi connectivity index (χ1n) is 15.4. The molecule has 1 saturated carbocycles. The Balaban J connectivity index is 1.41. The van der Waals surface area contributed by atoms with E-state index in [1.165, 1.54) is 4.90 Å². The quantitative estimate of drug-likeness (QED) is 0.239. The Labute approximate surface area is 247 Å². The lowest BCUT2D eigenvalue weighted by atomic mass is 9.68. The molecule has 2 aromatic rings. The smallest absolute Gasteiger partial charge is 0.234 e. The number of aliphatic hydroxyl groups is 3. The van der Waals surface area contributed by atoms with Gasteiger partial charge in [-0.3, -0.25) is 14.5 Å². The topological polar surface area (TPSA) is 120 Å². The molecule has 4 atom stereocenters. The number of hydrogen-bond acceptors (Lipinski definition) is 7. The van der Waals surface area contributed by atoms with E-state index in [1.807, 2.05) is 49.4 Å². The van der Waals surface area contributed by atoms with Gasteiger partial charge in [-0.1, -0.05) is 50.0 Å². The normalized spacial score (nSPS) is 24.3. The van der Waals surface area contributed by atoms with Crippen LogP contribution in [-0.4, -0.2) is 57.4 Å². The van der Waals surface area contributed by atoms with Crippen molar-refractivity contribution in [1.29, 1.82) is 0 Å². The first kappa shape index (κ1) is 30.3. The fourth-order valence-electron chi connectivity index (χ4n) is 7.09. The number of amides is 2. The van der Waals surface area contributed by atoms with Crippen molar-refractivity contribution in [3.8, 4) is 5.75 Å². The van der Waals surface area contributed by atoms with Crippen LogP contribution in [0.3, 0.4) is 0 Å². The zero-order chi connectivity index (χ0) is 29.6. The van der Waals surface area contributed by atoms with Crippen LogP contribution in [0.1, 0.15) is 76.2 Å². The van der Waals surface area contributed by atoms with Crippen molar-refractivity contribution < 1.29 is 34.1 Å². The highest BCUT2D eigenvalue weighted by molar-refractivity contribution is 6.06. The summed E-state index contributed by atoms with van der Waals surface area (Å²) >= 11 is 0. The molecule has 2 aliphatic carbocycles. The summed E-state index contributed by atoms with van der Waals surface area (Å²) in [4.78, 5) is 29.1. The van der Waals surface area contributed by atoms with Crippen LogP contribution in [0.4, 0.5) is 0 Å². The van der Waals surface area contributed by atoms with E-state index in [1.54, 1.807) is 6.07 Å². The second-order valence-corrected chi connectivity index (χ2v) is 11.8. The van der Waals surface area contributed by atoms with E-state index in [4.69, 9.17) is 9.15 Å². The highest BCUT2D eigenvalue weighted by Crippen LogP contribution is 2.47. The molecule has 3 N–H and O–H groups in total. The molecule has 42 heavy (non-hydrogen) atoms. The summed E-state index contributed by atoms with van der Waals surface area (Å²) in [5.41, 5.74) is 2.50. The van der Waals surface area contributed by atoms with Crippen molar-refractivity contribution in [3.63, 3.8) is 0 Å². The van der Waals surface area contributed by atoms with Crippen molar-refractivity contribution in [2.24, 2.45) is 17.8 Å². The number of carbonyl (C=O) groups excluding carboxylic acids is 2. The number of benzene rings is 1. The number of fused-ring (bicyclic) bond motifs is 1. The maximum absolute atomic E-state index is 13.8. The molecule has 0 unspecified atom stereocenters. The second kappa shape index (κ2) is 13.8. The highest BCUT2D eigenvalue weighted by Gasteiger charge is 2.56. The Kier molecular flexibility index (Phi) is 9.98. The summed E-state index contributed by atoms with van der Waals surface area (Å²) in [6, 6.07) is 12.9. The Hall–Kier alpha value is -3.20. The predicted molar refractivity (Wildman–Crippen MR) is 158 cm³/mol. The van der Waals surface area contributed by atoms with Gasteiger partial charge in [-0.15, -0.1) is 0 Å². The van der Waals surface area contributed by atoms with Crippen LogP contribution in [-0.2, 0) is 16.2 Å². The molecule has 1 aromatic carbocycles. The van der Waals surface area contributed by atoms with Gasteiger partial charge in [0.2, 0.25) is 11.8 Å². The number of carbonyl (C=O) groups is 2. The Morgan fingerprint density at radius 1 is 1.07 bits per heavy atom. The summed E-state index contributed by atoms with van der Waals surface area (Å²) in [6.45, 7) is 1.72. The standard InChI is InChI=1S/C34H43NO7/c1-2-22(17-26-14-15-27(19-36)42-26)13-16-30(38)31-23(21-41-25-11-7-4-8-12-25)18-28-32(29(31)20-37)34(40)35(33(28)39)24-9-5-3-6-10-24/h4,7-8,11-12,14-15,17,24,28-30,32,36-38H,2-3,5-6,9-10,13,16,18-21H2,1H3/b22-17+/t28-,29+,30-,32-/m1/s1. The molecular formula is C34H43NO7. The number of likely N-dealkylation sites (tertiary alicyclic amines) is 1. The molecule has 8 nitrogen and oxygen atoms in total.